The Morgan fingerprint density at radius 3 is 2.85 bits per heavy atom. The molecule has 1 aromatic heterocycles. The van der Waals surface area contributed by atoms with Crippen molar-refractivity contribution >= 4 is 10.9 Å². The SMILES string of the molecule is Cn1nc(C(O)/C2=C/CCCCCC2)c2ccccc21. The molecular weight excluding hydrogens is 248 g/mol. The van der Waals surface area contributed by atoms with Crippen LogP contribution in [0, 0.1) is 0 Å². The smallest absolute Gasteiger partial charge is 0.119 e. The fraction of sp³-hybridized carbons (Fsp3) is 0.471. The van der Waals surface area contributed by atoms with Crippen LogP contribution in [-0.2, 0) is 7.05 Å². The van der Waals surface area contributed by atoms with Crippen molar-refractivity contribution in [3.05, 3.63) is 41.6 Å². The van der Waals surface area contributed by atoms with Crippen LogP contribution in [-0.4, -0.2) is 14.9 Å². The van der Waals surface area contributed by atoms with Crippen LogP contribution < -0.4 is 0 Å². The van der Waals surface area contributed by atoms with Crippen molar-refractivity contribution in [1.29, 1.82) is 0 Å². The number of nitrogens with zero attached hydrogens (tertiary/aromatic N) is 2. The molecule has 1 aliphatic rings. The zero-order chi connectivity index (χ0) is 13.9. The first-order chi connectivity index (χ1) is 9.77. The number of benzene rings is 1. The molecule has 0 saturated carbocycles. The number of fused-ring (bicyclic) bond motifs is 1. The summed E-state index contributed by atoms with van der Waals surface area (Å²) in [5, 5.41) is 16.3. The second-order valence-corrected chi connectivity index (χ2v) is 5.66. The topological polar surface area (TPSA) is 38.0 Å². The van der Waals surface area contributed by atoms with Gasteiger partial charge in [0, 0.05) is 12.4 Å². The Morgan fingerprint density at radius 1 is 1.15 bits per heavy atom. The van der Waals surface area contributed by atoms with E-state index in [-0.39, 0.29) is 0 Å². The highest BCUT2D eigenvalue weighted by atomic mass is 16.3. The lowest BCUT2D eigenvalue weighted by Crippen LogP contribution is -2.05. The maximum absolute atomic E-state index is 10.7. The molecule has 1 atom stereocenters. The van der Waals surface area contributed by atoms with Crippen molar-refractivity contribution in [1.82, 2.24) is 9.78 Å². The molecule has 20 heavy (non-hydrogen) atoms. The summed E-state index contributed by atoms with van der Waals surface area (Å²) in [6, 6.07) is 8.11. The number of aliphatic hydroxyl groups is 1. The Kier molecular flexibility index (Phi) is 3.88. The van der Waals surface area contributed by atoms with E-state index in [0.717, 1.165) is 35.0 Å². The molecule has 106 valence electrons. The van der Waals surface area contributed by atoms with E-state index in [9.17, 15) is 5.11 Å². The van der Waals surface area contributed by atoms with Gasteiger partial charge in [0.05, 0.1) is 5.52 Å². The highest BCUT2D eigenvalue weighted by Gasteiger charge is 2.20. The van der Waals surface area contributed by atoms with Crippen molar-refractivity contribution in [3.63, 3.8) is 0 Å². The van der Waals surface area contributed by atoms with Crippen LogP contribution in [0.25, 0.3) is 10.9 Å². The molecule has 0 saturated heterocycles. The average Bonchev–Trinajstić information content (AvgIpc) is 2.76. The molecule has 0 amide bonds. The van der Waals surface area contributed by atoms with Gasteiger partial charge < -0.3 is 5.11 Å². The van der Waals surface area contributed by atoms with Crippen molar-refractivity contribution in [3.8, 4) is 0 Å². The number of hydrogen-bond acceptors (Lipinski definition) is 2. The van der Waals surface area contributed by atoms with E-state index in [0.29, 0.717) is 0 Å². The van der Waals surface area contributed by atoms with Gasteiger partial charge in [-0.15, -0.1) is 0 Å². The van der Waals surface area contributed by atoms with E-state index in [4.69, 9.17) is 0 Å². The minimum absolute atomic E-state index is 0.556. The van der Waals surface area contributed by atoms with Crippen molar-refractivity contribution in [2.45, 2.75) is 44.6 Å². The highest BCUT2D eigenvalue weighted by molar-refractivity contribution is 5.82. The van der Waals surface area contributed by atoms with Crippen LogP contribution in [0.5, 0.6) is 0 Å². The van der Waals surface area contributed by atoms with Crippen molar-refractivity contribution in [2.75, 3.05) is 0 Å². The number of para-hydroxylation sites is 1. The fourth-order valence-corrected chi connectivity index (χ4v) is 3.08. The van der Waals surface area contributed by atoms with E-state index >= 15 is 0 Å². The van der Waals surface area contributed by atoms with Gasteiger partial charge in [0.15, 0.2) is 0 Å². The molecule has 3 nitrogen and oxygen atoms in total. The third kappa shape index (κ3) is 2.50. The van der Waals surface area contributed by atoms with Gasteiger partial charge in [0.1, 0.15) is 11.8 Å². The predicted octanol–water partition coefficient (Wildman–Crippen LogP) is 3.89. The Morgan fingerprint density at radius 2 is 1.95 bits per heavy atom. The number of rotatable bonds is 2. The number of aromatic nitrogens is 2. The maximum Gasteiger partial charge on any atom is 0.119 e. The largest absolute Gasteiger partial charge is 0.382 e. The molecule has 3 heteroatoms. The van der Waals surface area contributed by atoms with Crippen LogP contribution in [0.3, 0.4) is 0 Å². The molecule has 2 aromatic rings. The summed E-state index contributed by atoms with van der Waals surface area (Å²) in [5.41, 5.74) is 3.02. The van der Waals surface area contributed by atoms with E-state index in [2.05, 4.69) is 11.2 Å². The molecular formula is C17H22N2O. The van der Waals surface area contributed by atoms with Gasteiger partial charge in [-0.2, -0.15) is 5.10 Å². The third-order valence-electron chi connectivity index (χ3n) is 4.22. The molecule has 0 aliphatic heterocycles. The lowest BCUT2D eigenvalue weighted by atomic mass is 9.94. The van der Waals surface area contributed by atoms with Crippen LogP contribution in [0.15, 0.2) is 35.9 Å². The molecule has 1 heterocycles. The van der Waals surface area contributed by atoms with Crippen LogP contribution in [0.4, 0.5) is 0 Å². The Bertz CT molecular complexity index is 627. The summed E-state index contributed by atoms with van der Waals surface area (Å²) in [4.78, 5) is 0. The van der Waals surface area contributed by atoms with Crippen molar-refractivity contribution < 1.29 is 5.11 Å². The summed E-state index contributed by atoms with van der Waals surface area (Å²) in [6.45, 7) is 0. The molecule has 1 N–H and O–H groups in total. The first-order valence-corrected chi connectivity index (χ1v) is 7.56. The minimum Gasteiger partial charge on any atom is -0.382 e. The lowest BCUT2D eigenvalue weighted by molar-refractivity contribution is 0.205. The Labute approximate surface area is 119 Å². The maximum atomic E-state index is 10.7. The molecule has 3 rings (SSSR count). The first-order valence-electron chi connectivity index (χ1n) is 7.56. The Hall–Kier alpha value is -1.61. The van der Waals surface area contributed by atoms with E-state index in [1.807, 2.05) is 36.0 Å². The molecule has 1 unspecified atom stereocenters. The number of aliphatic hydroxyl groups excluding tert-OH is 1. The second-order valence-electron chi connectivity index (χ2n) is 5.66. The van der Waals surface area contributed by atoms with Crippen LogP contribution in [0.1, 0.15) is 50.3 Å². The van der Waals surface area contributed by atoms with Gasteiger partial charge in [0.25, 0.3) is 0 Å². The number of hydrogen-bond donors (Lipinski definition) is 1. The van der Waals surface area contributed by atoms with Crippen molar-refractivity contribution in [2.24, 2.45) is 7.05 Å². The van der Waals surface area contributed by atoms with Gasteiger partial charge in [0.2, 0.25) is 0 Å². The summed E-state index contributed by atoms with van der Waals surface area (Å²) < 4.78 is 1.86. The van der Waals surface area contributed by atoms with E-state index < -0.39 is 6.10 Å². The Balaban J connectivity index is 1.97. The molecule has 1 aliphatic carbocycles. The highest BCUT2D eigenvalue weighted by Crippen LogP contribution is 2.31. The van der Waals surface area contributed by atoms with Gasteiger partial charge in [-0.1, -0.05) is 37.1 Å². The summed E-state index contributed by atoms with van der Waals surface area (Å²) in [7, 11) is 1.94. The third-order valence-corrected chi connectivity index (χ3v) is 4.22. The quantitative estimate of drug-likeness (QED) is 0.841. The van der Waals surface area contributed by atoms with E-state index in [1.54, 1.807) is 0 Å². The molecule has 1 aromatic carbocycles. The normalized spacial score (nSPS) is 21.0. The standard InChI is InChI=1S/C17H22N2O/c1-19-15-12-8-7-11-14(15)16(18-19)17(20)13-9-5-3-2-4-6-10-13/h7-9,11-12,17,20H,2-6,10H2,1H3/b13-9+. The summed E-state index contributed by atoms with van der Waals surface area (Å²) >= 11 is 0. The summed E-state index contributed by atoms with van der Waals surface area (Å²) in [6.07, 6.45) is 8.74. The van der Waals surface area contributed by atoms with E-state index in [1.165, 1.54) is 25.7 Å². The molecule has 0 bridgehead atoms. The van der Waals surface area contributed by atoms with Gasteiger partial charge >= 0.3 is 0 Å². The van der Waals surface area contributed by atoms with Crippen LogP contribution >= 0.6 is 0 Å². The zero-order valence-corrected chi connectivity index (χ0v) is 12.0. The van der Waals surface area contributed by atoms with Gasteiger partial charge in [-0.05, 0) is 37.3 Å². The second kappa shape index (κ2) is 5.80. The number of aryl methyl sites for hydroxylation is 1. The fourth-order valence-electron chi connectivity index (χ4n) is 3.08. The summed E-state index contributed by atoms with van der Waals surface area (Å²) in [5.74, 6) is 0. The lowest BCUT2D eigenvalue weighted by Gasteiger charge is -2.16. The minimum atomic E-state index is -0.556. The van der Waals surface area contributed by atoms with Crippen LogP contribution in [0.2, 0.25) is 0 Å². The zero-order valence-electron chi connectivity index (χ0n) is 12.0. The monoisotopic (exact) mass is 270 g/mol. The first kappa shape index (κ1) is 13.4. The molecule has 0 spiro atoms. The van der Waals surface area contributed by atoms with Gasteiger partial charge in [-0.25, -0.2) is 0 Å². The molecule has 0 radical (unpaired) electrons. The molecule has 0 fully saturated rings. The average molecular weight is 270 g/mol. The van der Waals surface area contributed by atoms with Gasteiger partial charge in [-0.3, -0.25) is 4.68 Å². The number of allylic oxidation sites excluding steroid dienone is 1. The predicted molar refractivity (Wildman–Crippen MR) is 81.5 cm³/mol.